The molecule has 0 aliphatic carbocycles. The Kier molecular flexibility index (Phi) is 4.01. The van der Waals surface area contributed by atoms with Crippen molar-refractivity contribution in [3.63, 3.8) is 0 Å². The van der Waals surface area contributed by atoms with Crippen LogP contribution in [0.5, 0.6) is 0 Å². The molecule has 100 valence electrons. The van der Waals surface area contributed by atoms with Crippen molar-refractivity contribution in [2.24, 2.45) is 0 Å². The lowest BCUT2D eigenvalue weighted by atomic mass is 10.3. The number of benzene rings is 1. The topological polar surface area (TPSA) is 54.9 Å². The second-order valence-corrected chi connectivity index (χ2v) is 4.50. The minimum atomic E-state index is -2.93. The number of halogens is 4. The lowest BCUT2D eigenvalue weighted by Gasteiger charge is -2.06. The van der Waals surface area contributed by atoms with E-state index >= 15 is 0 Å². The molecule has 0 saturated carbocycles. The van der Waals surface area contributed by atoms with Crippen molar-refractivity contribution in [3.05, 3.63) is 39.6 Å². The zero-order chi connectivity index (χ0) is 14.0. The number of amides is 1. The summed E-state index contributed by atoms with van der Waals surface area (Å²) in [5.41, 5.74) is -0.934. The molecule has 0 aliphatic rings. The quantitative estimate of drug-likeness (QED) is 0.944. The van der Waals surface area contributed by atoms with Crippen LogP contribution < -0.4 is 5.32 Å². The molecule has 1 amide bonds. The van der Waals surface area contributed by atoms with Gasteiger partial charge in [-0.2, -0.15) is 0 Å². The summed E-state index contributed by atoms with van der Waals surface area (Å²) in [7, 11) is 0. The third-order valence-electron chi connectivity index (χ3n) is 2.13. The van der Waals surface area contributed by atoms with Crippen molar-refractivity contribution >= 4 is 34.7 Å². The highest BCUT2D eigenvalue weighted by molar-refractivity contribution is 7.08. The van der Waals surface area contributed by atoms with Crippen molar-refractivity contribution in [3.8, 4) is 0 Å². The van der Waals surface area contributed by atoms with Crippen LogP contribution in [-0.4, -0.2) is 15.5 Å². The Hall–Kier alpha value is -1.67. The van der Waals surface area contributed by atoms with E-state index in [2.05, 4.69) is 14.9 Å². The smallest absolute Gasteiger partial charge is 0.283 e. The summed E-state index contributed by atoms with van der Waals surface area (Å²) in [6.07, 6.45) is -2.93. The van der Waals surface area contributed by atoms with Crippen molar-refractivity contribution in [2.75, 3.05) is 5.32 Å². The molecule has 0 unspecified atom stereocenters. The van der Waals surface area contributed by atoms with Crippen LogP contribution in [0.4, 0.5) is 18.9 Å². The number of rotatable bonds is 3. The third-order valence-corrected chi connectivity index (χ3v) is 3.16. The van der Waals surface area contributed by atoms with E-state index in [1.807, 2.05) is 0 Å². The number of hydrogen-bond donors (Lipinski definition) is 1. The van der Waals surface area contributed by atoms with E-state index in [0.29, 0.717) is 11.5 Å². The average Bonchev–Trinajstić information content (AvgIpc) is 2.84. The number of hydrogen-bond acceptors (Lipinski definition) is 4. The Labute approximate surface area is 114 Å². The molecule has 0 spiro atoms. The van der Waals surface area contributed by atoms with Gasteiger partial charge in [-0.15, -0.1) is 5.10 Å². The van der Waals surface area contributed by atoms with Gasteiger partial charge in [-0.25, -0.2) is 13.2 Å². The van der Waals surface area contributed by atoms with E-state index in [9.17, 15) is 18.0 Å². The van der Waals surface area contributed by atoms with E-state index in [1.165, 1.54) is 18.2 Å². The molecule has 2 aromatic rings. The number of carbonyl (C=O) groups is 1. The number of carbonyl (C=O) groups excluding carboxylic acids is 1. The molecule has 0 fully saturated rings. The molecule has 0 saturated heterocycles. The predicted octanol–water partition coefficient (Wildman–Crippen LogP) is 3.52. The lowest BCUT2D eigenvalue weighted by Crippen LogP contribution is -2.13. The Morgan fingerprint density at radius 3 is 2.84 bits per heavy atom. The third kappa shape index (κ3) is 2.85. The van der Waals surface area contributed by atoms with Gasteiger partial charge >= 0.3 is 0 Å². The Morgan fingerprint density at radius 2 is 2.16 bits per heavy atom. The molecule has 1 aromatic heterocycles. The van der Waals surface area contributed by atoms with Gasteiger partial charge in [0.1, 0.15) is 4.88 Å². The summed E-state index contributed by atoms with van der Waals surface area (Å²) in [5.74, 6) is -1.75. The molecule has 2 rings (SSSR count). The maximum Gasteiger partial charge on any atom is 0.283 e. The van der Waals surface area contributed by atoms with Crippen molar-refractivity contribution < 1.29 is 18.0 Å². The lowest BCUT2D eigenvalue weighted by molar-refractivity contribution is 0.101. The van der Waals surface area contributed by atoms with Gasteiger partial charge in [-0.1, -0.05) is 22.2 Å². The first kappa shape index (κ1) is 13.8. The molecule has 0 radical (unpaired) electrons. The summed E-state index contributed by atoms with van der Waals surface area (Å²) in [6, 6.07) is 3.97. The van der Waals surface area contributed by atoms with Crippen LogP contribution in [0.15, 0.2) is 18.2 Å². The summed E-state index contributed by atoms with van der Waals surface area (Å²) in [5, 5.41) is 5.12. The number of aromatic nitrogens is 2. The minimum absolute atomic E-state index is 0.186. The molecule has 1 heterocycles. The van der Waals surface area contributed by atoms with Crippen LogP contribution in [0, 0.1) is 5.82 Å². The zero-order valence-electron chi connectivity index (χ0n) is 9.03. The van der Waals surface area contributed by atoms with Crippen molar-refractivity contribution in [2.45, 2.75) is 6.43 Å². The summed E-state index contributed by atoms with van der Waals surface area (Å²) >= 11 is 6.04. The summed E-state index contributed by atoms with van der Waals surface area (Å²) in [6.45, 7) is 0. The number of nitrogens with one attached hydrogen (secondary N) is 1. The van der Waals surface area contributed by atoms with Crippen LogP contribution in [0.3, 0.4) is 0 Å². The van der Waals surface area contributed by atoms with Gasteiger partial charge in [0.05, 0.1) is 10.7 Å². The summed E-state index contributed by atoms with van der Waals surface area (Å²) < 4.78 is 41.9. The molecule has 1 N–H and O–H groups in total. The SMILES string of the molecule is O=C(Nc1cccc(Cl)c1F)c1snnc1C(F)F. The van der Waals surface area contributed by atoms with Crippen LogP contribution >= 0.6 is 23.1 Å². The first-order valence-electron chi connectivity index (χ1n) is 4.86. The molecule has 19 heavy (non-hydrogen) atoms. The average molecular weight is 308 g/mol. The number of alkyl halides is 2. The Bertz CT molecular complexity index is 620. The maximum absolute atomic E-state index is 13.5. The maximum atomic E-state index is 13.5. The molecule has 0 atom stereocenters. The standard InChI is InChI=1S/C10H5ClF3N3OS/c11-4-2-1-3-5(6(4)12)15-10(18)8-7(9(13)14)16-17-19-8/h1-3,9H,(H,15,18). The molecular weight excluding hydrogens is 303 g/mol. The highest BCUT2D eigenvalue weighted by atomic mass is 35.5. The van der Waals surface area contributed by atoms with Crippen LogP contribution in [0.25, 0.3) is 0 Å². The second-order valence-electron chi connectivity index (χ2n) is 3.34. The molecule has 1 aromatic carbocycles. The Morgan fingerprint density at radius 1 is 1.42 bits per heavy atom. The normalized spacial score (nSPS) is 10.8. The van der Waals surface area contributed by atoms with Gasteiger partial charge in [0.15, 0.2) is 11.5 Å². The fourth-order valence-electron chi connectivity index (χ4n) is 1.28. The molecule has 4 nitrogen and oxygen atoms in total. The van der Waals surface area contributed by atoms with E-state index in [1.54, 1.807) is 0 Å². The van der Waals surface area contributed by atoms with Gasteiger partial charge in [-0.3, -0.25) is 4.79 Å². The van der Waals surface area contributed by atoms with E-state index < -0.39 is 23.8 Å². The molecule has 9 heteroatoms. The van der Waals surface area contributed by atoms with Crippen molar-refractivity contribution in [1.29, 1.82) is 0 Å². The van der Waals surface area contributed by atoms with Crippen LogP contribution in [-0.2, 0) is 0 Å². The predicted molar refractivity (Wildman–Crippen MR) is 64.2 cm³/mol. The second kappa shape index (κ2) is 5.54. The molecular formula is C10H5ClF3N3OS. The fraction of sp³-hybridized carbons (Fsp3) is 0.100. The fourth-order valence-corrected chi connectivity index (χ4v) is 2.02. The van der Waals surface area contributed by atoms with Gasteiger partial charge in [0.2, 0.25) is 0 Å². The van der Waals surface area contributed by atoms with Gasteiger partial charge in [0.25, 0.3) is 12.3 Å². The van der Waals surface area contributed by atoms with E-state index in [0.717, 1.165) is 0 Å². The molecule has 0 bridgehead atoms. The van der Waals surface area contributed by atoms with E-state index in [4.69, 9.17) is 11.6 Å². The van der Waals surface area contributed by atoms with Gasteiger partial charge in [-0.05, 0) is 23.7 Å². The van der Waals surface area contributed by atoms with Crippen LogP contribution in [0.2, 0.25) is 5.02 Å². The van der Waals surface area contributed by atoms with Crippen molar-refractivity contribution in [1.82, 2.24) is 9.59 Å². The number of nitrogens with zero attached hydrogens (tertiary/aromatic N) is 2. The zero-order valence-corrected chi connectivity index (χ0v) is 10.6. The molecule has 0 aliphatic heterocycles. The Balaban J connectivity index is 2.26. The first-order valence-corrected chi connectivity index (χ1v) is 6.01. The highest BCUT2D eigenvalue weighted by Gasteiger charge is 2.24. The van der Waals surface area contributed by atoms with Gasteiger partial charge in [0, 0.05) is 0 Å². The minimum Gasteiger partial charge on any atom is -0.319 e. The number of anilines is 1. The highest BCUT2D eigenvalue weighted by Crippen LogP contribution is 2.26. The van der Waals surface area contributed by atoms with Gasteiger partial charge < -0.3 is 5.32 Å². The first-order chi connectivity index (χ1) is 9.00. The van der Waals surface area contributed by atoms with Crippen LogP contribution in [0.1, 0.15) is 21.8 Å². The largest absolute Gasteiger partial charge is 0.319 e. The van der Waals surface area contributed by atoms with E-state index in [-0.39, 0.29) is 15.6 Å². The summed E-state index contributed by atoms with van der Waals surface area (Å²) in [4.78, 5) is 11.4. The monoisotopic (exact) mass is 307 g/mol.